The Morgan fingerprint density at radius 1 is 1.67 bits per heavy atom. The van der Waals surface area contributed by atoms with Crippen molar-refractivity contribution in [1.82, 2.24) is 5.32 Å². The fourth-order valence-corrected chi connectivity index (χ4v) is 0.851. The highest BCUT2D eigenvalue weighted by molar-refractivity contribution is 5.64. The number of carboxylic acid groups (broad SMARTS) is 1. The highest BCUT2D eigenvalue weighted by Crippen LogP contribution is 2.00. The lowest BCUT2D eigenvalue weighted by atomic mass is 10.1. The average molecular weight is 177 g/mol. The molecule has 12 heavy (non-hydrogen) atoms. The zero-order valence-electron chi connectivity index (χ0n) is 7.28. The summed E-state index contributed by atoms with van der Waals surface area (Å²) in [6.07, 6.45) is -0.717. The lowest BCUT2D eigenvalue weighted by Gasteiger charge is -2.17. The zero-order valence-corrected chi connectivity index (χ0v) is 7.28. The van der Waals surface area contributed by atoms with Crippen LogP contribution in [-0.2, 0) is 4.74 Å². The van der Waals surface area contributed by atoms with E-state index >= 15 is 0 Å². The predicted molar refractivity (Wildman–Crippen MR) is 43.1 cm³/mol. The average Bonchev–Trinajstić information content (AvgIpc) is 2.02. The van der Waals surface area contributed by atoms with Crippen LogP contribution in [0.4, 0.5) is 4.79 Å². The molecule has 0 radical (unpaired) electrons. The Kier molecular flexibility index (Phi) is 5.40. The summed E-state index contributed by atoms with van der Waals surface area (Å²) in [6, 6.07) is -0.447. The normalized spacial score (nSPS) is 15.2. The Hall–Kier alpha value is -0.810. The van der Waals surface area contributed by atoms with Gasteiger partial charge in [0, 0.05) is 7.11 Å². The Morgan fingerprint density at radius 3 is 2.58 bits per heavy atom. The first kappa shape index (κ1) is 11.2. The monoisotopic (exact) mass is 177 g/mol. The van der Waals surface area contributed by atoms with E-state index in [4.69, 9.17) is 14.9 Å². The predicted octanol–water partition coefficient (Wildman–Crippen LogP) is 0.0399. The van der Waals surface area contributed by atoms with E-state index in [9.17, 15) is 4.79 Å². The number of rotatable bonds is 5. The van der Waals surface area contributed by atoms with Crippen LogP contribution in [0.1, 0.15) is 13.3 Å². The molecule has 0 heterocycles. The van der Waals surface area contributed by atoms with Crippen molar-refractivity contribution in [3.63, 3.8) is 0 Å². The second-order valence-corrected chi connectivity index (χ2v) is 2.61. The Balaban J connectivity index is 3.74. The summed E-state index contributed by atoms with van der Waals surface area (Å²) in [6.45, 7) is 1.60. The van der Waals surface area contributed by atoms with Gasteiger partial charge in [-0.15, -0.1) is 0 Å². The van der Waals surface area contributed by atoms with Crippen LogP contribution in [0.25, 0.3) is 0 Å². The molecule has 0 fully saturated rings. The van der Waals surface area contributed by atoms with Gasteiger partial charge >= 0.3 is 6.09 Å². The van der Waals surface area contributed by atoms with E-state index in [1.807, 2.05) is 6.92 Å². The van der Waals surface area contributed by atoms with Crippen molar-refractivity contribution in [1.29, 1.82) is 0 Å². The standard InChI is InChI=1S/C7H15NO4/c1-5(12-2)3-6(4-9)8-7(10)11/h5-6,8-9H,3-4H2,1-2H3,(H,10,11)/t5-,6-/m0/s1. The minimum absolute atomic E-state index is 0.0611. The number of hydrogen-bond donors (Lipinski definition) is 3. The van der Waals surface area contributed by atoms with Crippen LogP contribution in [0, 0.1) is 0 Å². The Morgan fingerprint density at radius 2 is 2.25 bits per heavy atom. The molecule has 72 valence electrons. The van der Waals surface area contributed by atoms with Gasteiger partial charge in [-0.25, -0.2) is 4.79 Å². The first-order chi connectivity index (χ1) is 5.60. The molecular formula is C7H15NO4. The van der Waals surface area contributed by atoms with Crippen molar-refractivity contribution in [2.75, 3.05) is 13.7 Å². The van der Waals surface area contributed by atoms with E-state index in [0.29, 0.717) is 6.42 Å². The van der Waals surface area contributed by atoms with Gasteiger partial charge in [0.15, 0.2) is 0 Å². The third kappa shape index (κ3) is 4.92. The number of amides is 1. The molecule has 2 atom stereocenters. The van der Waals surface area contributed by atoms with E-state index in [2.05, 4.69) is 5.32 Å². The molecule has 0 aromatic carbocycles. The molecular weight excluding hydrogens is 162 g/mol. The summed E-state index contributed by atoms with van der Waals surface area (Å²) >= 11 is 0. The SMILES string of the molecule is CO[C@@H](C)C[C@@H](CO)NC(=O)O. The van der Waals surface area contributed by atoms with Crippen molar-refractivity contribution in [3.05, 3.63) is 0 Å². The third-order valence-corrected chi connectivity index (χ3v) is 1.57. The van der Waals surface area contributed by atoms with Gasteiger partial charge in [-0.3, -0.25) is 0 Å². The van der Waals surface area contributed by atoms with Crippen molar-refractivity contribution in [3.8, 4) is 0 Å². The Bertz CT molecular complexity index is 139. The second-order valence-electron chi connectivity index (χ2n) is 2.61. The lowest BCUT2D eigenvalue weighted by Crippen LogP contribution is -2.38. The minimum Gasteiger partial charge on any atom is -0.465 e. The van der Waals surface area contributed by atoms with Crippen LogP contribution >= 0.6 is 0 Å². The van der Waals surface area contributed by atoms with Crippen LogP contribution in [0.15, 0.2) is 0 Å². The van der Waals surface area contributed by atoms with E-state index in [-0.39, 0.29) is 12.7 Å². The van der Waals surface area contributed by atoms with Gasteiger partial charge in [-0.05, 0) is 13.3 Å². The largest absolute Gasteiger partial charge is 0.465 e. The summed E-state index contributed by atoms with van der Waals surface area (Å²) in [5.74, 6) is 0. The first-order valence-electron chi connectivity index (χ1n) is 3.73. The van der Waals surface area contributed by atoms with Gasteiger partial charge in [0.2, 0.25) is 0 Å². The summed E-state index contributed by atoms with van der Waals surface area (Å²) in [4.78, 5) is 10.2. The molecule has 0 aliphatic heterocycles. The van der Waals surface area contributed by atoms with Crippen LogP contribution in [0.5, 0.6) is 0 Å². The van der Waals surface area contributed by atoms with Crippen LogP contribution in [0.2, 0.25) is 0 Å². The molecule has 5 heteroatoms. The fraction of sp³-hybridized carbons (Fsp3) is 0.857. The number of ether oxygens (including phenoxy) is 1. The highest BCUT2D eigenvalue weighted by atomic mass is 16.5. The van der Waals surface area contributed by atoms with Gasteiger partial charge in [-0.2, -0.15) is 0 Å². The number of methoxy groups -OCH3 is 1. The van der Waals surface area contributed by atoms with Gasteiger partial charge in [-0.1, -0.05) is 0 Å². The topological polar surface area (TPSA) is 78.8 Å². The smallest absolute Gasteiger partial charge is 0.404 e. The van der Waals surface area contributed by atoms with Crippen molar-refractivity contribution >= 4 is 6.09 Å². The number of carbonyl (C=O) groups is 1. The number of hydrogen-bond acceptors (Lipinski definition) is 3. The van der Waals surface area contributed by atoms with Crippen LogP contribution in [0.3, 0.4) is 0 Å². The third-order valence-electron chi connectivity index (χ3n) is 1.57. The summed E-state index contributed by atoms with van der Waals surface area (Å²) in [5, 5.41) is 19.3. The molecule has 0 aliphatic rings. The maximum absolute atomic E-state index is 10.2. The highest BCUT2D eigenvalue weighted by Gasteiger charge is 2.13. The first-order valence-corrected chi connectivity index (χ1v) is 3.73. The maximum Gasteiger partial charge on any atom is 0.404 e. The molecule has 0 unspecified atom stereocenters. The molecule has 0 bridgehead atoms. The van der Waals surface area contributed by atoms with Crippen LogP contribution < -0.4 is 5.32 Å². The maximum atomic E-state index is 10.2. The van der Waals surface area contributed by atoms with E-state index in [1.54, 1.807) is 7.11 Å². The molecule has 0 aromatic rings. The molecule has 0 saturated heterocycles. The van der Waals surface area contributed by atoms with E-state index in [1.165, 1.54) is 0 Å². The molecule has 0 aromatic heterocycles. The number of nitrogens with one attached hydrogen (secondary N) is 1. The summed E-state index contributed by atoms with van der Waals surface area (Å²) in [5.41, 5.74) is 0. The number of aliphatic hydroxyl groups excluding tert-OH is 1. The zero-order chi connectivity index (χ0) is 9.56. The number of aliphatic hydroxyl groups is 1. The molecule has 0 rings (SSSR count). The van der Waals surface area contributed by atoms with E-state index in [0.717, 1.165) is 0 Å². The molecule has 0 aliphatic carbocycles. The molecule has 3 N–H and O–H groups in total. The van der Waals surface area contributed by atoms with Gasteiger partial charge in [0.1, 0.15) is 0 Å². The summed E-state index contributed by atoms with van der Waals surface area (Å²) in [7, 11) is 1.54. The van der Waals surface area contributed by atoms with Crippen molar-refractivity contribution < 1.29 is 19.7 Å². The lowest BCUT2D eigenvalue weighted by molar-refractivity contribution is 0.0885. The summed E-state index contributed by atoms with van der Waals surface area (Å²) < 4.78 is 4.92. The van der Waals surface area contributed by atoms with E-state index < -0.39 is 12.1 Å². The quantitative estimate of drug-likeness (QED) is 0.554. The molecule has 1 amide bonds. The molecule has 0 spiro atoms. The van der Waals surface area contributed by atoms with Crippen LogP contribution in [-0.4, -0.2) is 42.2 Å². The minimum atomic E-state index is -1.13. The van der Waals surface area contributed by atoms with Gasteiger partial charge in [0.25, 0.3) is 0 Å². The molecule has 5 nitrogen and oxygen atoms in total. The van der Waals surface area contributed by atoms with Gasteiger partial charge in [0.05, 0.1) is 18.8 Å². The second kappa shape index (κ2) is 5.79. The fourth-order valence-electron chi connectivity index (χ4n) is 0.851. The van der Waals surface area contributed by atoms with Crippen molar-refractivity contribution in [2.24, 2.45) is 0 Å². The van der Waals surface area contributed by atoms with Gasteiger partial charge < -0.3 is 20.3 Å². The molecule has 0 saturated carbocycles. The van der Waals surface area contributed by atoms with Crippen molar-refractivity contribution in [2.45, 2.75) is 25.5 Å². The Labute approximate surface area is 71.3 Å².